The average Bonchev–Trinajstić information content (AvgIpc) is 3.31. The molecule has 0 aliphatic heterocycles. The van der Waals surface area contributed by atoms with E-state index in [1.165, 1.54) is 12.8 Å². The minimum atomic E-state index is -0.203. The molecule has 0 aromatic heterocycles. The maximum absolute atomic E-state index is 12.3. The molecule has 1 aliphatic rings. The second-order valence-electron chi connectivity index (χ2n) is 5.79. The van der Waals surface area contributed by atoms with Crippen molar-refractivity contribution in [2.75, 3.05) is 25.5 Å². The number of nitrogens with one attached hydrogen (secondary N) is 3. The normalized spacial score (nSPS) is 15.2. The molecule has 0 bridgehead atoms. The quantitative estimate of drug-likeness (QED) is 0.721. The van der Waals surface area contributed by atoms with E-state index < -0.39 is 0 Å². The van der Waals surface area contributed by atoms with Gasteiger partial charge in [-0.2, -0.15) is 0 Å². The first-order valence-electron chi connectivity index (χ1n) is 7.54. The van der Waals surface area contributed by atoms with Gasteiger partial charge in [0.1, 0.15) is 0 Å². The van der Waals surface area contributed by atoms with Crippen molar-refractivity contribution >= 4 is 29.1 Å². The van der Waals surface area contributed by atoms with Crippen LogP contribution >= 0.6 is 11.6 Å². The molecule has 0 saturated heterocycles. The van der Waals surface area contributed by atoms with Gasteiger partial charge in [-0.3, -0.25) is 9.59 Å². The highest BCUT2D eigenvalue weighted by Crippen LogP contribution is 2.28. The summed E-state index contributed by atoms with van der Waals surface area (Å²) < 4.78 is 0. The molecule has 1 fully saturated rings. The maximum atomic E-state index is 12.3. The van der Waals surface area contributed by atoms with Crippen LogP contribution in [0.2, 0.25) is 5.02 Å². The fourth-order valence-electron chi connectivity index (χ4n) is 2.12. The molecule has 5 nitrogen and oxygen atoms in total. The first-order chi connectivity index (χ1) is 10.5. The SMILES string of the molecule is CNCC(C)C(=O)Nc1ccc(Cl)cc1C(=O)NCC1CC1. The molecule has 0 spiro atoms. The van der Waals surface area contributed by atoms with Gasteiger partial charge in [-0.1, -0.05) is 18.5 Å². The highest BCUT2D eigenvalue weighted by atomic mass is 35.5. The highest BCUT2D eigenvalue weighted by molar-refractivity contribution is 6.31. The number of carbonyl (C=O) groups is 2. The lowest BCUT2D eigenvalue weighted by Crippen LogP contribution is -2.30. The smallest absolute Gasteiger partial charge is 0.253 e. The van der Waals surface area contributed by atoms with Crippen LogP contribution in [0.4, 0.5) is 5.69 Å². The van der Waals surface area contributed by atoms with E-state index in [1.807, 2.05) is 6.92 Å². The molecular formula is C16H22ClN3O2. The van der Waals surface area contributed by atoms with Gasteiger partial charge < -0.3 is 16.0 Å². The van der Waals surface area contributed by atoms with Crippen molar-refractivity contribution in [3.63, 3.8) is 0 Å². The second kappa shape index (κ2) is 7.61. The summed E-state index contributed by atoms with van der Waals surface area (Å²) in [7, 11) is 1.79. The van der Waals surface area contributed by atoms with Crippen molar-refractivity contribution in [2.24, 2.45) is 11.8 Å². The Bertz CT molecular complexity index is 558. The lowest BCUT2D eigenvalue weighted by atomic mass is 10.1. The number of carbonyl (C=O) groups excluding carboxylic acids is 2. The summed E-state index contributed by atoms with van der Waals surface area (Å²) in [5.74, 6) is 0.0683. The van der Waals surface area contributed by atoms with Gasteiger partial charge in [0.25, 0.3) is 5.91 Å². The summed E-state index contributed by atoms with van der Waals surface area (Å²) in [4.78, 5) is 24.4. The third-order valence-corrected chi connectivity index (χ3v) is 3.93. The lowest BCUT2D eigenvalue weighted by molar-refractivity contribution is -0.119. The molecule has 1 atom stereocenters. The molecular weight excluding hydrogens is 302 g/mol. The summed E-state index contributed by atoms with van der Waals surface area (Å²) >= 11 is 5.98. The molecule has 0 radical (unpaired) electrons. The number of benzene rings is 1. The van der Waals surface area contributed by atoms with Crippen LogP contribution < -0.4 is 16.0 Å². The largest absolute Gasteiger partial charge is 0.352 e. The molecule has 2 rings (SSSR count). The summed E-state index contributed by atoms with van der Waals surface area (Å²) in [5.41, 5.74) is 0.892. The van der Waals surface area contributed by atoms with Gasteiger partial charge in [0.2, 0.25) is 5.91 Å². The molecule has 6 heteroatoms. The van der Waals surface area contributed by atoms with E-state index in [1.54, 1.807) is 25.2 Å². The first-order valence-corrected chi connectivity index (χ1v) is 7.92. The third kappa shape index (κ3) is 4.71. The molecule has 1 aromatic carbocycles. The minimum absolute atomic E-state index is 0.132. The van der Waals surface area contributed by atoms with Crippen LogP contribution in [0.25, 0.3) is 0 Å². The highest BCUT2D eigenvalue weighted by Gasteiger charge is 2.23. The van der Waals surface area contributed by atoms with Crippen molar-refractivity contribution in [2.45, 2.75) is 19.8 Å². The topological polar surface area (TPSA) is 70.2 Å². The van der Waals surface area contributed by atoms with Crippen molar-refractivity contribution < 1.29 is 9.59 Å². The summed E-state index contributed by atoms with van der Waals surface area (Å²) in [6.45, 7) is 3.08. The Kier molecular flexibility index (Phi) is 5.80. The maximum Gasteiger partial charge on any atom is 0.253 e. The zero-order valence-electron chi connectivity index (χ0n) is 12.9. The fraction of sp³-hybridized carbons (Fsp3) is 0.500. The van der Waals surface area contributed by atoms with Crippen LogP contribution in [-0.2, 0) is 4.79 Å². The number of anilines is 1. The summed E-state index contributed by atoms with van der Waals surface area (Å²) in [6, 6.07) is 4.91. The van der Waals surface area contributed by atoms with Crippen LogP contribution in [0, 0.1) is 11.8 Å². The molecule has 1 unspecified atom stereocenters. The van der Waals surface area contributed by atoms with Crippen molar-refractivity contribution in [3.05, 3.63) is 28.8 Å². The Morgan fingerprint density at radius 2 is 2.09 bits per heavy atom. The number of amides is 2. The molecule has 1 saturated carbocycles. The zero-order chi connectivity index (χ0) is 16.1. The first kappa shape index (κ1) is 16.8. The molecule has 120 valence electrons. The van der Waals surface area contributed by atoms with Crippen molar-refractivity contribution in [3.8, 4) is 0 Å². The van der Waals surface area contributed by atoms with Gasteiger partial charge >= 0.3 is 0 Å². The van der Waals surface area contributed by atoms with Crippen LogP contribution in [0.15, 0.2) is 18.2 Å². The van der Waals surface area contributed by atoms with E-state index in [2.05, 4.69) is 16.0 Å². The predicted molar refractivity (Wildman–Crippen MR) is 88.2 cm³/mol. The van der Waals surface area contributed by atoms with E-state index in [9.17, 15) is 9.59 Å². The van der Waals surface area contributed by atoms with Crippen LogP contribution in [-0.4, -0.2) is 32.0 Å². The molecule has 1 aromatic rings. The average molecular weight is 324 g/mol. The Hall–Kier alpha value is -1.59. The van der Waals surface area contributed by atoms with Crippen molar-refractivity contribution in [1.29, 1.82) is 0 Å². The minimum Gasteiger partial charge on any atom is -0.352 e. The van der Waals surface area contributed by atoms with Gasteiger partial charge in [-0.05, 0) is 44.0 Å². The predicted octanol–water partition coefficient (Wildman–Crippen LogP) is 2.27. The van der Waals surface area contributed by atoms with Crippen molar-refractivity contribution in [1.82, 2.24) is 10.6 Å². The van der Waals surface area contributed by atoms with E-state index in [0.29, 0.717) is 35.3 Å². The summed E-state index contributed by atoms with van der Waals surface area (Å²) in [6.07, 6.45) is 2.34. The number of halogens is 1. The summed E-state index contributed by atoms with van der Waals surface area (Å²) in [5, 5.41) is 9.13. The second-order valence-corrected chi connectivity index (χ2v) is 6.23. The Morgan fingerprint density at radius 1 is 1.36 bits per heavy atom. The van der Waals surface area contributed by atoms with Crippen LogP contribution in [0.3, 0.4) is 0 Å². The molecule has 1 aliphatic carbocycles. The molecule has 3 N–H and O–H groups in total. The van der Waals surface area contributed by atoms with E-state index in [0.717, 1.165) is 0 Å². The van der Waals surface area contributed by atoms with Crippen LogP contribution in [0.5, 0.6) is 0 Å². The zero-order valence-corrected chi connectivity index (χ0v) is 13.7. The van der Waals surface area contributed by atoms with Gasteiger partial charge in [0, 0.05) is 24.0 Å². The third-order valence-electron chi connectivity index (χ3n) is 3.69. The van der Waals surface area contributed by atoms with E-state index >= 15 is 0 Å². The van der Waals surface area contributed by atoms with Crippen LogP contribution in [0.1, 0.15) is 30.1 Å². The van der Waals surface area contributed by atoms with Gasteiger partial charge in [-0.15, -0.1) is 0 Å². The molecule has 0 heterocycles. The number of rotatable bonds is 7. The van der Waals surface area contributed by atoms with E-state index in [-0.39, 0.29) is 17.7 Å². The Morgan fingerprint density at radius 3 is 2.73 bits per heavy atom. The Labute approximate surface area is 135 Å². The Balaban J connectivity index is 2.08. The van der Waals surface area contributed by atoms with E-state index in [4.69, 9.17) is 11.6 Å². The lowest BCUT2D eigenvalue weighted by Gasteiger charge is -2.15. The van der Waals surface area contributed by atoms with Gasteiger partial charge in [-0.25, -0.2) is 0 Å². The van der Waals surface area contributed by atoms with Gasteiger partial charge in [0.15, 0.2) is 0 Å². The standard InChI is InChI=1S/C16H22ClN3O2/c1-10(8-18-2)15(21)20-14-6-5-12(17)7-13(14)16(22)19-9-11-3-4-11/h5-7,10-11,18H,3-4,8-9H2,1-2H3,(H,19,22)(H,20,21). The fourth-order valence-corrected chi connectivity index (χ4v) is 2.29. The number of hydrogen-bond donors (Lipinski definition) is 3. The molecule has 2 amide bonds. The molecule has 22 heavy (non-hydrogen) atoms. The number of hydrogen-bond acceptors (Lipinski definition) is 3. The van der Waals surface area contributed by atoms with Gasteiger partial charge in [0.05, 0.1) is 11.3 Å². The monoisotopic (exact) mass is 323 g/mol.